The molecule has 1 aromatic heterocycles. The van der Waals surface area contributed by atoms with Crippen LogP contribution in [0, 0.1) is 5.82 Å². The van der Waals surface area contributed by atoms with Crippen LogP contribution in [0.4, 0.5) is 9.18 Å². The van der Waals surface area contributed by atoms with Crippen molar-refractivity contribution in [3.05, 3.63) is 47.4 Å². The Balaban J connectivity index is 1.84. The molecular formula is C16H17FN4O3. The van der Waals surface area contributed by atoms with Crippen LogP contribution >= 0.6 is 0 Å². The monoisotopic (exact) mass is 332 g/mol. The molecule has 0 spiro atoms. The summed E-state index contributed by atoms with van der Waals surface area (Å²) in [6.45, 7) is 5.29. The first-order valence-electron chi connectivity index (χ1n) is 7.54. The molecule has 7 nitrogen and oxygen atoms in total. The van der Waals surface area contributed by atoms with Crippen molar-refractivity contribution >= 4 is 11.9 Å². The highest BCUT2D eigenvalue weighted by Gasteiger charge is 2.49. The molecule has 0 saturated carbocycles. The summed E-state index contributed by atoms with van der Waals surface area (Å²) in [5.74, 6) is -0.0922. The van der Waals surface area contributed by atoms with E-state index in [0.717, 1.165) is 4.90 Å². The predicted molar refractivity (Wildman–Crippen MR) is 81.2 cm³/mol. The maximum atomic E-state index is 13.1. The average Bonchev–Trinajstić information content (AvgIpc) is 3.08. The van der Waals surface area contributed by atoms with Gasteiger partial charge >= 0.3 is 6.03 Å². The van der Waals surface area contributed by atoms with E-state index in [4.69, 9.17) is 4.52 Å². The summed E-state index contributed by atoms with van der Waals surface area (Å²) < 4.78 is 18.2. The Hall–Kier alpha value is -2.77. The van der Waals surface area contributed by atoms with Gasteiger partial charge < -0.3 is 9.84 Å². The molecule has 1 saturated heterocycles. The fraction of sp³-hybridized carbons (Fsp3) is 0.375. The highest BCUT2D eigenvalue weighted by molar-refractivity contribution is 6.07. The third-order valence-electron chi connectivity index (χ3n) is 3.99. The van der Waals surface area contributed by atoms with Crippen LogP contribution in [0.1, 0.15) is 44.0 Å². The average molecular weight is 332 g/mol. The number of halogens is 1. The van der Waals surface area contributed by atoms with Gasteiger partial charge in [0, 0.05) is 5.92 Å². The number of aromatic nitrogens is 2. The van der Waals surface area contributed by atoms with E-state index in [2.05, 4.69) is 15.5 Å². The Bertz CT molecular complexity index is 787. The van der Waals surface area contributed by atoms with E-state index in [1.54, 1.807) is 6.92 Å². The number of hydrogen-bond donors (Lipinski definition) is 1. The van der Waals surface area contributed by atoms with E-state index < -0.39 is 23.3 Å². The van der Waals surface area contributed by atoms with Crippen molar-refractivity contribution in [1.82, 2.24) is 20.4 Å². The van der Waals surface area contributed by atoms with E-state index >= 15 is 0 Å². The molecule has 3 amide bonds. The second-order valence-corrected chi connectivity index (χ2v) is 6.15. The molecule has 2 heterocycles. The van der Waals surface area contributed by atoms with Gasteiger partial charge in [0.25, 0.3) is 5.91 Å². The van der Waals surface area contributed by atoms with Crippen LogP contribution < -0.4 is 5.32 Å². The van der Waals surface area contributed by atoms with E-state index in [9.17, 15) is 14.0 Å². The summed E-state index contributed by atoms with van der Waals surface area (Å²) in [7, 11) is 0. The van der Waals surface area contributed by atoms with Gasteiger partial charge in [-0.3, -0.25) is 9.69 Å². The third kappa shape index (κ3) is 2.64. The Morgan fingerprint density at radius 2 is 1.96 bits per heavy atom. The number of benzene rings is 1. The minimum Gasteiger partial charge on any atom is -0.337 e. The number of nitrogens with zero attached hydrogens (tertiary/aromatic N) is 3. The van der Waals surface area contributed by atoms with Gasteiger partial charge in [0.05, 0.1) is 0 Å². The molecule has 0 unspecified atom stereocenters. The lowest BCUT2D eigenvalue weighted by molar-refractivity contribution is -0.131. The molecule has 126 valence electrons. The molecule has 0 bridgehead atoms. The number of urea groups is 1. The standard InChI is InChI=1S/C16H17FN4O3/c1-9(2)13-18-12(24-20-13)8-21-14(22)16(3,19-15(21)23)10-4-6-11(17)7-5-10/h4-7,9H,8H2,1-3H3,(H,19,23)/t16-/m0/s1. The second-order valence-electron chi connectivity index (χ2n) is 6.15. The molecule has 1 aliphatic heterocycles. The minimum absolute atomic E-state index is 0.0788. The highest BCUT2D eigenvalue weighted by Crippen LogP contribution is 2.29. The number of carbonyl (C=O) groups excluding carboxylic acids is 2. The van der Waals surface area contributed by atoms with Gasteiger partial charge in [-0.25, -0.2) is 9.18 Å². The Morgan fingerprint density at radius 3 is 2.54 bits per heavy atom. The van der Waals surface area contributed by atoms with Crippen LogP contribution in [0.3, 0.4) is 0 Å². The van der Waals surface area contributed by atoms with E-state index in [1.807, 2.05) is 13.8 Å². The van der Waals surface area contributed by atoms with Crippen LogP contribution in [0.15, 0.2) is 28.8 Å². The summed E-state index contributed by atoms with van der Waals surface area (Å²) in [6.07, 6.45) is 0. The summed E-state index contributed by atoms with van der Waals surface area (Å²) in [5.41, 5.74) is -0.760. The normalized spacial score (nSPS) is 20.8. The molecule has 0 radical (unpaired) electrons. The van der Waals surface area contributed by atoms with Gasteiger partial charge in [-0.05, 0) is 24.6 Å². The molecular weight excluding hydrogens is 315 g/mol. The largest absolute Gasteiger partial charge is 0.337 e. The molecule has 2 aromatic rings. The Kier molecular flexibility index (Phi) is 3.82. The van der Waals surface area contributed by atoms with Crippen LogP contribution in [0.2, 0.25) is 0 Å². The lowest BCUT2D eigenvalue weighted by atomic mass is 9.92. The van der Waals surface area contributed by atoms with Gasteiger partial charge in [0.2, 0.25) is 5.89 Å². The van der Waals surface area contributed by atoms with E-state index in [1.165, 1.54) is 24.3 Å². The first-order chi connectivity index (χ1) is 11.3. The van der Waals surface area contributed by atoms with Crippen molar-refractivity contribution < 1.29 is 18.5 Å². The van der Waals surface area contributed by atoms with Crippen LogP contribution in [-0.4, -0.2) is 27.0 Å². The van der Waals surface area contributed by atoms with Gasteiger partial charge in [-0.15, -0.1) is 0 Å². The van der Waals surface area contributed by atoms with Crippen molar-refractivity contribution in [2.75, 3.05) is 0 Å². The maximum absolute atomic E-state index is 13.1. The Morgan fingerprint density at radius 1 is 1.29 bits per heavy atom. The lowest BCUT2D eigenvalue weighted by Crippen LogP contribution is -2.40. The number of rotatable bonds is 4. The van der Waals surface area contributed by atoms with Gasteiger partial charge in [0.15, 0.2) is 5.82 Å². The quantitative estimate of drug-likeness (QED) is 0.868. The van der Waals surface area contributed by atoms with Crippen molar-refractivity contribution in [2.24, 2.45) is 0 Å². The molecule has 24 heavy (non-hydrogen) atoms. The summed E-state index contributed by atoms with van der Waals surface area (Å²) in [6, 6.07) is 4.88. The topological polar surface area (TPSA) is 88.3 Å². The van der Waals surface area contributed by atoms with Gasteiger partial charge in [0.1, 0.15) is 17.9 Å². The molecule has 1 atom stereocenters. The number of nitrogens with one attached hydrogen (secondary N) is 1. The fourth-order valence-corrected chi connectivity index (χ4v) is 2.52. The zero-order chi connectivity index (χ0) is 17.5. The lowest BCUT2D eigenvalue weighted by Gasteiger charge is -2.21. The molecule has 0 aliphatic carbocycles. The molecule has 1 N–H and O–H groups in total. The summed E-state index contributed by atoms with van der Waals surface area (Å²) in [4.78, 5) is 30.1. The first kappa shape index (κ1) is 16.1. The maximum Gasteiger partial charge on any atom is 0.325 e. The SMILES string of the molecule is CC(C)c1noc(CN2C(=O)N[C@@](C)(c3ccc(F)cc3)C2=O)n1. The molecule has 1 fully saturated rings. The Labute approximate surface area is 137 Å². The predicted octanol–water partition coefficient (Wildman–Crippen LogP) is 2.30. The smallest absolute Gasteiger partial charge is 0.325 e. The zero-order valence-corrected chi connectivity index (χ0v) is 13.5. The number of carbonyl (C=O) groups is 2. The van der Waals surface area contributed by atoms with Crippen LogP contribution in [0.25, 0.3) is 0 Å². The van der Waals surface area contributed by atoms with Crippen molar-refractivity contribution in [1.29, 1.82) is 0 Å². The van der Waals surface area contributed by atoms with Crippen molar-refractivity contribution in [3.8, 4) is 0 Å². The number of hydrogen-bond acceptors (Lipinski definition) is 5. The number of imide groups is 1. The second kappa shape index (κ2) is 5.70. The van der Waals surface area contributed by atoms with Crippen LogP contribution in [0.5, 0.6) is 0 Å². The first-order valence-corrected chi connectivity index (χ1v) is 7.54. The highest BCUT2D eigenvalue weighted by atomic mass is 19.1. The summed E-state index contributed by atoms with van der Waals surface area (Å²) >= 11 is 0. The van der Waals surface area contributed by atoms with E-state index in [0.29, 0.717) is 11.4 Å². The van der Waals surface area contributed by atoms with Gasteiger partial charge in [-0.2, -0.15) is 4.98 Å². The molecule has 1 aliphatic rings. The van der Waals surface area contributed by atoms with Crippen LogP contribution in [-0.2, 0) is 16.9 Å². The minimum atomic E-state index is -1.26. The molecule has 3 rings (SSSR count). The summed E-state index contributed by atoms with van der Waals surface area (Å²) in [5, 5.41) is 6.46. The third-order valence-corrected chi connectivity index (χ3v) is 3.99. The van der Waals surface area contributed by atoms with Crippen molar-refractivity contribution in [3.63, 3.8) is 0 Å². The number of amides is 3. The zero-order valence-electron chi connectivity index (χ0n) is 13.5. The molecule has 8 heteroatoms. The van der Waals surface area contributed by atoms with Gasteiger partial charge in [-0.1, -0.05) is 31.1 Å². The van der Waals surface area contributed by atoms with E-state index in [-0.39, 0.29) is 18.4 Å². The molecule has 1 aromatic carbocycles. The fourth-order valence-electron chi connectivity index (χ4n) is 2.52. The van der Waals surface area contributed by atoms with Crippen molar-refractivity contribution in [2.45, 2.75) is 38.8 Å².